The molecule has 0 bridgehead atoms. The topological polar surface area (TPSA) is 40.5 Å². The van der Waals surface area contributed by atoms with E-state index in [1.54, 1.807) is 6.07 Å². The van der Waals surface area contributed by atoms with Crippen molar-refractivity contribution >= 4 is 39.5 Å². The summed E-state index contributed by atoms with van der Waals surface area (Å²) in [6.07, 6.45) is -3.05. The van der Waals surface area contributed by atoms with Crippen molar-refractivity contribution in [1.82, 2.24) is 0 Å². The van der Waals surface area contributed by atoms with Gasteiger partial charge >= 0.3 is 0 Å². The quantitative estimate of drug-likeness (QED) is 0.693. The molecule has 0 aliphatic carbocycles. The fraction of sp³-hybridized carbons (Fsp3) is 0.400. The first-order valence-electron chi connectivity index (χ1n) is 5.55. The van der Waals surface area contributed by atoms with E-state index in [4.69, 9.17) is 5.11 Å². The second-order valence-electron chi connectivity index (χ2n) is 5.33. The molecule has 0 aliphatic rings. The third-order valence-electron chi connectivity index (χ3n) is 2.88. The highest BCUT2D eigenvalue weighted by Crippen LogP contribution is 2.33. The van der Waals surface area contributed by atoms with Crippen LogP contribution in [-0.4, -0.2) is 46.8 Å². The van der Waals surface area contributed by atoms with Gasteiger partial charge < -0.3 is 10.2 Å². The van der Waals surface area contributed by atoms with Crippen LogP contribution in [0.15, 0.2) is 22.7 Å². The molecule has 8 heteroatoms. The summed E-state index contributed by atoms with van der Waals surface area (Å²) in [6, 6.07) is 4.54. The van der Waals surface area contributed by atoms with Gasteiger partial charge in [-0.1, -0.05) is 38.7 Å². The Balaban J connectivity index is 3.27. The molecule has 1 aromatic carbocycles. The van der Waals surface area contributed by atoms with Crippen LogP contribution in [0.5, 0.6) is 0 Å². The molecule has 96 valence electrons. The highest BCUT2D eigenvalue weighted by molar-refractivity contribution is 9.10. The lowest BCUT2D eigenvalue weighted by Crippen LogP contribution is -2.38. The molecule has 0 amide bonds. The maximum Gasteiger partial charge on any atom is 0.273 e. The molecule has 2 nitrogen and oxygen atoms in total. The molecule has 1 atom stereocenters. The molecular formula is C10H14B3BrF2O2. The van der Waals surface area contributed by atoms with Crippen molar-refractivity contribution in [2.45, 2.75) is 17.1 Å². The van der Waals surface area contributed by atoms with Gasteiger partial charge in [-0.05, 0) is 11.6 Å². The summed E-state index contributed by atoms with van der Waals surface area (Å²) in [4.78, 5) is 0. The fourth-order valence-electron chi connectivity index (χ4n) is 1.68. The highest BCUT2D eigenvalue weighted by atomic mass is 79.9. The smallest absolute Gasteiger partial charge is 0.273 e. The predicted octanol–water partition coefficient (Wildman–Crippen LogP) is -1.10. The van der Waals surface area contributed by atoms with E-state index in [2.05, 4.69) is 15.9 Å². The van der Waals surface area contributed by atoms with Crippen molar-refractivity contribution < 1.29 is 19.0 Å². The summed E-state index contributed by atoms with van der Waals surface area (Å²) in [5, 5.41) is 18.6. The Labute approximate surface area is 116 Å². The molecule has 0 saturated carbocycles. The Hall–Kier alpha value is -0.325. The Morgan fingerprint density at radius 1 is 1.28 bits per heavy atom. The van der Waals surface area contributed by atoms with Crippen LogP contribution < -0.4 is 0 Å². The van der Waals surface area contributed by atoms with Gasteiger partial charge in [0.2, 0.25) is 0 Å². The molecule has 0 aromatic heterocycles. The molecular weight excluding hydrogens is 302 g/mol. The number of hydrogen-bond acceptors (Lipinski definition) is 2. The minimum Gasteiger partial charge on any atom is -0.393 e. The van der Waals surface area contributed by atoms with E-state index in [0.29, 0.717) is 4.47 Å². The largest absolute Gasteiger partial charge is 0.393 e. The SMILES string of the molecule is BC(B)(B)c1ccc(C(O)(CO)C(F)F)cc1Br. The van der Waals surface area contributed by atoms with E-state index in [-0.39, 0.29) is 10.7 Å². The van der Waals surface area contributed by atoms with Crippen LogP contribution in [0.1, 0.15) is 11.1 Å². The van der Waals surface area contributed by atoms with Crippen LogP contribution in [0.2, 0.25) is 0 Å². The second kappa shape index (κ2) is 5.35. The fourth-order valence-corrected chi connectivity index (χ4v) is 2.65. The van der Waals surface area contributed by atoms with Crippen LogP contribution in [0.25, 0.3) is 0 Å². The zero-order chi connectivity index (χ0) is 14.1. The van der Waals surface area contributed by atoms with Crippen LogP contribution in [0, 0.1) is 0 Å². The van der Waals surface area contributed by atoms with Crippen LogP contribution >= 0.6 is 15.9 Å². The van der Waals surface area contributed by atoms with Crippen molar-refractivity contribution in [3.8, 4) is 0 Å². The van der Waals surface area contributed by atoms with Gasteiger partial charge in [-0.25, -0.2) is 8.78 Å². The van der Waals surface area contributed by atoms with Gasteiger partial charge in [-0.2, -0.15) is 0 Å². The first-order chi connectivity index (χ1) is 8.13. The van der Waals surface area contributed by atoms with Gasteiger partial charge in [0.1, 0.15) is 0 Å². The minimum absolute atomic E-state index is 0.000116. The molecule has 1 unspecified atom stereocenters. The van der Waals surface area contributed by atoms with Crippen molar-refractivity contribution in [2.75, 3.05) is 6.61 Å². The van der Waals surface area contributed by atoms with E-state index in [0.717, 1.165) is 5.56 Å². The summed E-state index contributed by atoms with van der Waals surface area (Å²) in [5.74, 6) is 0. The van der Waals surface area contributed by atoms with Crippen molar-refractivity contribution in [3.63, 3.8) is 0 Å². The monoisotopic (exact) mass is 316 g/mol. The Kier molecular flexibility index (Phi) is 4.68. The van der Waals surface area contributed by atoms with E-state index in [9.17, 15) is 13.9 Å². The first-order valence-corrected chi connectivity index (χ1v) is 6.34. The third kappa shape index (κ3) is 2.98. The minimum atomic E-state index is -3.05. The summed E-state index contributed by atoms with van der Waals surface area (Å²) in [5.41, 5.74) is -1.57. The summed E-state index contributed by atoms with van der Waals surface area (Å²) >= 11 is 3.32. The normalized spacial score (nSPS) is 15.7. The summed E-state index contributed by atoms with van der Waals surface area (Å²) < 4.78 is 26.3. The highest BCUT2D eigenvalue weighted by Gasteiger charge is 2.39. The molecule has 0 radical (unpaired) electrons. The van der Waals surface area contributed by atoms with Gasteiger partial charge in [0, 0.05) is 4.47 Å². The Morgan fingerprint density at radius 2 is 1.83 bits per heavy atom. The lowest BCUT2D eigenvalue weighted by Gasteiger charge is -2.27. The molecule has 1 rings (SSSR count). The van der Waals surface area contributed by atoms with E-state index in [1.807, 2.05) is 23.5 Å². The standard InChI is InChI=1S/C10H14B3BrF2O2/c11-10(12,13)6-2-1-5(3-7(6)14)9(18,4-17)8(15)16/h1-3,8,17-18H,4,11-13H2. The van der Waals surface area contributed by atoms with Crippen molar-refractivity contribution in [2.24, 2.45) is 0 Å². The lowest BCUT2D eigenvalue weighted by atomic mass is 9.40. The van der Waals surface area contributed by atoms with Gasteiger partial charge in [0.15, 0.2) is 5.60 Å². The number of halogens is 3. The molecule has 18 heavy (non-hydrogen) atoms. The number of aliphatic hydroxyl groups is 2. The average molecular weight is 317 g/mol. The maximum atomic E-state index is 12.8. The average Bonchev–Trinajstić information content (AvgIpc) is 2.25. The molecule has 0 spiro atoms. The molecule has 1 aromatic rings. The van der Waals surface area contributed by atoms with Crippen molar-refractivity contribution in [1.29, 1.82) is 0 Å². The van der Waals surface area contributed by atoms with Crippen LogP contribution in [0.4, 0.5) is 8.78 Å². The molecule has 2 N–H and O–H groups in total. The number of aliphatic hydroxyl groups excluding tert-OH is 1. The first kappa shape index (κ1) is 15.7. The van der Waals surface area contributed by atoms with Crippen LogP contribution in [-0.2, 0) is 10.7 Å². The number of hydrogen-bond donors (Lipinski definition) is 2. The lowest BCUT2D eigenvalue weighted by molar-refractivity contribution is -0.129. The summed E-state index contributed by atoms with van der Waals surface area (Å²) in [7, 11) is 5.99. The number of rotatable bonds is 4. The third-order valence-corrected chi connectivity index (χ3v) is 3.54. The summed E-state index contributed by atoms with van der Waals surface area (Å²) in [6.45, 7) is -1.02. The Morgan fingerprint density at radius 3 is 2.17 bits per heavy atom. The maximum absolute atomic E-state index is 12.8. The van der Waals surface area contributed by atoms with Gasteiger partial charge in [0.25, 0.3) is 6.43 Å². The molecule has 0 saturated heterocycles. The van der Waals surface area contributed by atoms with E-state index in [1.165, 1.54) is 12.1 Å². The Bertz CT molecular complexity index is 440. The molecule has 0 heterocycles. The zero-order valence-electron chi connectivity index (χ0n) is 10.5. The van der Waals surface area contributed by atoms with E-state index >= 15 is 0 Å². The van der Waals surface area contributed by atoms with Crippen molar-refractivity contribution in [3.05, 3.63) is 33.8 Å². The molecule has 0 fully saturated rings. The molecule has 0 aliphatic heterocycles. The van der Waals surface area contributed by atoms with E-state index < -0.39 is 18.6 Å². The zero-order valence-corrected chi connectivity index (χ0v) is 12.1. The van der Waals surface area contributed by atoms with Gasteiger partial charge in [-0.15, -0.1) is 0 Å². The predicted molar refractivity (Wildman–Crippen MR) is 78.4 cm³/mol. The van der Waals surface area contributed by atoms with Gasteiger partial charge in [0.05, 0.1) is 30.1 Å². The number of benzene rings is 1. The van der Waals surface area contributed by atoms with Gasteiger partial charge in [-0.3, -0.25) is 0 Å². The second-order valence-corrected chi connectivity index (χ2v) is 6.18. The van der Waals surface area contributed by atoms with Crippen LogP contribution in [0.3, 0.4) is 0 Å². The number of alkyl halides is 2.